The first kappa shape index (κ1) is 35.6. The maximum absolute atomic E-state index is 13.8. The molecule has 6 unspecified atom stereocenters. The molecule has 0 bridgehead atoms. The minimum atomic E-state index is -1.10. The van der Waals surface area contributed by atoms with Gasteiger partial charge in [-0.2, -0.15) is 0 Å². The van der Waals surface area contributed by atoms with Crippen LogP contribution in [0.25, 0.3) is 0 Å². The molecule has 1 aliphatic carbocycles. The number of esters is 1. The monoisotopic (exact) mass is 633 g/mol. The second-order valence-corrected chi connectivity index (χ2v) is 15.1. The van der Waals surface area contributed by atoms with E-state index >= 15 is 0 Å². The minimum Gasteiger partial charge on any atom is -0.460 e. The van der Waals surface area contributed by atoms with E-state index in [1.54, 1.807) is 20.8 Å². The van der Waals surface area contributed by atoms with Crippen molar-refractivity contribution >= 4 is 17.8 Å². The smallest absolute Gasteiger partial charge is 0.312 e. The van der Waals surface area contributed by atoms with Crippen molar-refractivity contribution in [2.75, 3.05) is 13.1 Å². The summed E-state index contributed by atoms with van der Waals surface area (Å²) in [6, 6.07) is 18.3. The third-order valence-corrected chi connectivity index (χ3v) is 10.0. The van der Waals surface area contributed by atoms with Crippen LogP contribution in [0.5, 0.6) is 0 Å². The van der Waals surface area contributed by atoms with Crippen LogP contribution < -0.4 is 10.6 Å². The second kappa shape index (κ2) is 15.6. The van der Waals surface area contributed by atoms with E-state index < -0.39 is 29.4 Å². The van der Waals surface area contributed by atoms with Gasteiger partial charge in [-0.25, -0.2) is 0 Å². The number of ether oxygens (including phenoxy) is 1. The number of β-amino-alcohol motifs (C(OH)–C–C–N with tert-alkyl or cyclic N) is 1. The lowest BCUT2D eigenvalue weighted by Gasteiger charge is -2.47. The Balaban J connectivity index is 1.49. The fraction of sp³-hybridized carbons (Fsp3) is 0.605. The van der Waals surface area contributed by atoms with Gasteiger partial charge in [0.15, 0.2) is 0 Å². The number of hydrogen-bond acceptors (Lipinski definition) is 6. The van der Waals surface area contributed by atoms with Crippen molar-refractivity contribution in [3.05, 3.63) is 71.8 Å². The van der Waals surface area contributed by atoms with Gasteiger partial charge in [0.05, 0.1) is 29.5 Å². The molecule has 2 aromatic rings. The highest BCUT2D eigenvalue weighted by atomic mass is 16.5. The standard InChI is InChI=1S/C38H55N3O5/c1-26(38(5,6)36(45)46-25-28-17-11-8-12-18-28)34(43)39-31(21-27-15-9-7-10-16-27)33(42)24-41-23-30-20-14-13-19-29(30)22-32(41)35(44)40-37(2,3)4/h7-12,15-18,26,29-33,42H,13-14,19-25H2,1-6H3,(H,39,43)(H,40,44). The molecular formula is C38H55N3O5. The molecule has 3 N–H and O–H groups in total. The van der Waals surface area contributed by atoms with E-state index in [0.29, 0.717) is 18.3 Å². The van der Waals surface area contributed by atoms with Gasteiger partial charge < -0.3 is 20.5 Å². The van der Waals surface area contributed by atoms with Crippen LogP contribution in [0.1, 0.15) is 84.8 Å². The fourth-order valence-corrected chi connectivity index (χ4v) is 6.87. The molecule has 1 saturated heterocycles. The number of nitrogens with one attached hydrogen (secondary N) is 2. The molecule has 1 saturated carbocycles. The first-order valence-corrected chi connectivity index (χ1v) is 17.0. The van der Waals surface area contributed by atoms with Crippen LogP contribution in [0.15, 0.2) is 60.7 Å². The third-order valence-electron chi connectivity index (χ3n) is 10.0. The Bertz CT molecular complexity index is 1290. The second-order valence-electron chi connectivity index (χ2n) is 15.1. The van der Waals surface area contributed by atoms with E-state index in [2.05, 4.69) is 15.5 Å². The number of hydrogen-bond donors (Lipinski definition) is 3. The predicted molar refractivity (Wildman–Crippen MR) is 181 cm³/mol. The van der Waals surface area contributed by atoms with E-state index in [-0.39, 0.29) is 36.5 Å². The third kappa shape index (κ3) is 9.64. The van der Waals surface area contributed by atoms with Crippen molar-refractivity contribution in [1.82, 2.24) is 15.5 Å². The van der Waals surface area contributed by atoms with E-state index in [9.17, 15) is 19.5 Å². The van der Waals surface area contributed by atoms with Crippen LogP contribution in [-0.2, 0) is 32.1 Å². The number of rotatable bonds is 12. The number of carbonyl (C=O) groups is 3. The number of likely N-dealkylation sites (tertiary alicyclic amines) is 1. The van der Waals surface area contributed by atoms with E-state index in [0.717, 1.165) is 36.9 Å². The molecule has 8 nitrogen and oxygen atoms in total. The molecule has 2 amide bonds. The molecule has 0 radical (unpaired) electrons. The lowest BCUT2D eigenvalue weighted by molar-refractivity contribution is -0.161. The molecule has 2 fully saturated rings. The van der Waals surface area contributed by atoms with Crippen LogP contribution >= 0.6 is 0 Å². The normalized spacial score (nSPS) is 22.5. The number of nitrogens with zero attached hydrogens (tertiary/aromatic N) is 1. The van der Waals surface area contributed by atoms with Crippen molar-refractivity contribution in [2.24, 2.45) is 23.2 Å². The average Bonchev–Trinajstić information content (AvgIpc) is 3.02. The predicted octanol–water partition coefficient (Wildman–Crippen LogP) is 5.28. The van der Waals surface area contributed by atoms with Crippen LogP contribution in [0.3, 0.4) is 0 Å². The summed E-state index contributed by atoms with van der Waals surface area (Å²) in [5, 5.41) is 18.1. The first-order valence-electron chi connectivity index (χ1n) is 17.0. The summed E-state index contributed by atoms with van der Waals surface area (Å²) in [5.74, 6) is -0.481. The lowest BCUT2D eigenvalue weighted by Crippen LogP contribution is -2.60. The minimum absolute atomic E-state index is 0.00300. The number of piperidine rings is 1. The number of aliphatic hydroxyl groups is 1. The fourth-order valence-electron chi connectivity index (χ4n) is 6.87. The quantitative estimate of drug-likeness (QED) is 0.275. The SMILES string of the molecule is CC(C(=O)NC(Cc1ccccc1)C(O)CN1CC2CCCCC2CC1C(=O)NC(C)(C)C)C(C)(C)C(=O)OCc1ccccc1. The molecule has 1 aliphatic heterocycles. The lowest BCUT2D eigenvalue weighted by atomic mass is 9.72. The number of amides is 2. The van der Waals surface area contributed by atoms with Gasteiger partial charge in [0.2, 0.25) is 11.8 Å². The molecule has 6 atom stereocenters. The van der Waals surface area contributed by atoms with E-state index in [1.165, 1.54) is 12.8 Å². The summed E-state index contributed by atoms with van der Waals surface area (Å²) < 4.78 is 5.61. The maximum atomic E-state index is 13.8. The van der Waals surface area contributed by atoms with Gasteiger partial charge in [-0.1, -0.05) is 86.8 Å². The van der Waals surface area contributed by atoms with Crippen molar-refractivity contribution in [3.8, 4) is 0 Å². The van der Waals surface area contributed by atoms with Gasteiger partial charge in [-0.05, 0) is 76.8 Å². The van der Waals surface area contributed by atoms with E-state index in [4.69, 9.17) is 4.74 Å². The summed E-state index contributed by atoms with van der Waals surface area (Å²) in [4.78, 5) is 42.7. The Hall–Kier alpha value is -3.23. The van der Waals surface area contributed by atoms with Gasteiger partial charge >= 0.3 is 5.97 Å². The van der Waals surface area contributed by atoms with Crippen molar-refractivity contribution in [3.63, 3.8) is 0 Å². The Morgan fingerprint density at radius 1 is 0.913 bits per heavy atom. The highest BCUT2D eigenvalue weighted by Gasteiger charge is 2.43. The van der Waals surface area contributed by atoms with E-state index in [1.807, 2.05) is 81.4 Å². The number of benzene rings is 2. The molecule has 8 heteroatoms. The zero-order valence-electron chi connectivity index (χ0n) is 28.6. The van der Waals surface area contributed by atoms with Gasteiger partial charge in [-0.15, -0.1) is 0 Å². The zero-order chi connectivity index (χ0) is 33.5. The molecule has 4 rings (SSSR count). The zero-order valence-corrected chi connectivity index (χ0v) is 28.6. The molecule has 1 heterocycles. The summed E-state index contributed by atoms with van der Waals surface area (Å²) in [5.41, 5.74) is 0.399. The van der Waals surface area contributed by atoms with Gasteiger partial charge in [-0.3, -0.25) is 19.3 Å². The van der Waals surface area contributed by atoms with Crippen LogP contribution in [-0.4, -0.2) is 64.6 Å². The van der Waals surface area contributed by atoms with Crippen LogP contribution in [0.2, 0.25) is 0 Å². The number of fused-ring (bicyclic) bond motifs is 1. The van der Waals surface area contributed by atoms with Gasteiger partial charge in [0.1, 0.15) is 6.61 Å². The topological polar surface area (TPSA) is 108 Å². The molecule has 0 spiro atoms. The Morgan fingerprint density at radius 3 is 2.11 bits per heavy atom. The molecular weight excluding hydrogens is 578 g/mol. The Kier molecular flexibility index (Phi) is 12.1. The van der Waals surface area contributed by atoms with Crippen molar-refractivity contribution in [1.29, 1.82) is 0 Å². The van der Waals surface area contributed by atoms with Crippen molar-refractivity contribution in [2.45, 2.75) is 110 Å². The van der Waals surface area contributed by atoms with Crippen molar-refractivity contribution < 1.29 is 24.2 Å². The van der Waals surface area contributed by atoms with Gasteiger partial charge in [0, 0.05) is 18.6 Å². The highest BCUT2D eigenvalue weighted by Crippen LogP contribution is 2.39. The largest absolute Gasteiger partial charge is 0.460 e. The summed E-state index contributed by atoms with van der Waals surface area (Å²) in [7, 11) is 0. The first-order chi connectivity index (χ1) is 21.7. The van der Waals surface area contributed by atoms with Crippen LogP contribution in [0, 0.1) is 23.2 Å². The summed E-state index contributed by atoms with van der Waals surface area (Å²) in [6.07, 6.45) is 4.95. The molecule has 46 heavy (non-hydrogen) atoms. The molecule has 2 aliphatic rings. The highest BCUT2D eigenvalue weighted by molar-refractivity contribution is 5.87. The molecule has 252 valence electrons. The average molecular weight is 634 g/mol. The maximum Gasteiger partial charge on any atom is 0.312 e. The molecule has 0 aromatic heterocycles. The summed E-state index contributed by atoms with van der Waals surface area (Å²) >= 11 is 0. The number of carbonyl (C=O) groups excluding carboxylic acids is 3. The van der Waals surface area contributed by atoms with Gasteiger partial charge in [0.25, 0.3) is 0 Å². The summed E-state index contributed by atoms with van der Waals surface area (Å²) in [6.45, 7) is 12.3. The molecule has 2 aromatic carbocycles. The Labute approximate surface area is 275 Å². The van der Waals surface area contributed by atoms with Crippen LogP contribution in [0.4, 0.5) is 0 Å². The Morgan fingerprint density at radius 2 is 1.50 bits per heavy atom. The number of aliphatic hydroxyl groups excluding tert-OH is 1.